The number of nitrogens with zero attached hydrogens (tertiary/aromatic N) is 3. The Bertz CT molecular complexity index is 1270. The standard InChI is InChI=1S/C24H19ClF2N4OS/c1-33-13-16-3-2-4-18(9-16)30-24-29-14-28-23(31-24)19-7-6-17(26)11-22(19)32-12-15-5-8-21(27)20(25)10-15/h2-11,14H,12-13H2,1H3,(H,28,29,30,31). The van der Waals surface area contributed by atoms with Crippen molar-refractivity contribution in [2.75, 3.05) is 11.6 Å². The Balaban J connectivity index is 1.57. The number of hydrogen-bond donors (Lipinski definition) is 1. The van der Waals surface area contributed by atoms with Gasteiger partial charge in [-0.15, -0.1) is 0 Å². The summed E-state index contributed by atoms with van der Waals surface area (Å²) >= 11 is 7.57. The Kier molecular flexibility index (Phi) is 7.36. The molecule has 0 bridgehead atoms. The number of hydrogen-bond acceptors (Lipinski definition) is 6. The van der Waals surface area contributed by atoms with Crippen LogP contribution in [0.15, 0.2) is 67.0 Å². The highest BCUT2D eigenvalue weighted by Crippen LogP contribution is 2.30. The molecule has 0 atom stereocenters. The topological polar surface area (TPSA) is 59.9 Å². The van der Waals surface area contributed by atoms with Crippen LogP contribution in [-0.2, 0) is 12.4 Å². The molecule has 168 valence electrons. The molecule has 4 aromatic rings. The molecule has 0 aliphatic rings. The van der Waals surface area contributed by atoms with E-state index in [4.69, 9.17) is 16.3 Å². The molecule has 0 saturated carbocycles. The van der Waals surface area contributed by atoms with E-state index >= 15 is 0 Å². The molecule has 0 aliphatic carbocycles. The molecule has 0 spiro atoms. The van der Waals surface area contributed by atoms with E-state index in [0.29, 0.717) is 22.9 Å². The minimum atomic E-state index is -0.518. The van der Waals surface area contributed by atoms with Crippen LogP contribution in [0.1, 0.15) is 11.1 Å². The third kappa shape index (κ3) is 5.97. The van der Waals surface area contributed by atoms with Crippen LogP contribution < -0.4 is 10.1 Å². The molecule has 0 amide bonds. The van der Waals surface area contributed by atoms with Gasteiger partial charge in [0, 0.05) is 17.5 Å². The minimum absolute atomic E-state index is 0.00894. The van der Waals surface area contributed by atoms with Crippen molar-refractivity contribution in [3.05, 3.63) is 94.8 Å². The second-order valence-corrected chi connectivity index (χ2v) is 8.34. The van der Waals surface area contributed by atoms with E-state index in [0.717, 1.165) is 11.4 Å². The van der Waals surface area contributed by atoms with Gasteiger partial charge in [-0.05, 0) is 53.8 Å². The van der Waals surface area contributed by atoms with E-state index in [1.54, 1.807) is 23.9 Å². The monoisotopic (exact) mass is 484 g/mol. The lowest BCUT2D eigenvalue weighted by molar-refractivity contribution is 0.305. The molecule has 1 heterocycles. The summed E-state index contributed by atoms with van der Waals surface area (Å²) in [4.78, 5) is 12.9. The first-order chi connectivity index (χ1) is 16.0. The average molecular weight is 485 g/mol. The van der Waals surface area contributed by atoms with Crippen molar-refractivity contribution in [2.24, 2.45) is 0 Å². The zero-order chi connectivity index (χ0) is 23.2. The fourth-order valence-corrected chi connectivity index (χ4v) is 3.83. The number of benzene rings is 3. The van der Waals surface area contributed by atoms with Crippen molar-refractivity contribution in [1.29, 1.82) is 0 Å². The average Bonchev–Trinajstić information content (AvgIpc) is 2.80. The summed E-state index contributed by atoms with van der Waals surface area (Å²) < 4.78 is 33.2. The van der Waals surface area contributed by atoms with Crippen LogP contribution in [0, 0.1) is 11.6 Å². The maximum absolute atomic E-state index is 14.0. The van der Waals surface area contributed by atoms with E-state index in [2.05, 4.69) is 26.3 Å². The second kappa shape index (κ2) is 10.6. The molecule has 0 radical (unpaired) electrons. The SMILES string of the molecule is CSCc1cccc(Nc2ncnc(-c3ccc(F)cc3OCc3ccc(F)c(Cl)c3)n2)c1. The van der Waals surface area contributed by atoms with Crippen molar-refractivity contribution in [1.82, 2.24) is 15.0 Å². The molecular formula is C24H19ClF2N4OS. The molecular weight excluding hydrogens is 466 g/mol. The van der Waals surface area contributed by atoms with Crippen molar-refractivity contribution >= 4 is 35.0 Å². The summed E-state index contributed by atoms with van der Waals surface area (Å²) in [5, 5.41) is 3.17. The Morgan fingerprint density at radius 1 is 1.00 bits per heavy atom. The quantitative estimate of drug-likeness (QED) is 0.302. The summed E-state index contributed by atoms with van der Waals surface area (Å²) in [6.45, 7) is 0.0644. The van der Waals surface area contributed by atoms with E-state index in [1.165, 1.54) is 36.2 Å². The zero-order valence-electron chi connectivity index (χ0n) is 17.6. The van der Waals surface area contributed by atoms with Gasteiger partial charge in [-0.2, -0.15) is 16.7 Å². The summed E-state index contributed by atoms with van der Waals surface area (Å²) in [6.07, 6.45) is 3.43. The molecule has 0 saturated heterocycles. The maximum Gasteiger partial charge on any atom is 0.230 e. The number of nitrogens with one attached hydrogen (secondary N) is 1. The van der Waals surface area contributed by atoms with Crippen LogP contribution in [0.4, 0.5) is 20.4 Å². The summed E-state index contributed by atoms with van der Waals surface area (Å²) in [5.74, 6) is 0.824. The molecule has 0 fully saturated rings. The number of thioether (sulfide) groups is 1. The first kappa shape index (κ1) is 22.9. The normalized spacial score (nSPS) is 10.8. The predicted octanol–water partition coefficient (Wildman–Crippen LogP) is 6.66. The number of ether oxygens (including phenoxy) is 1. The Hall–Kier alpha value is -3.23. The summed E-state index contributed by atoms with van der Waals surface area (Å²) in [7, 11) is 0. The van der Waals surface area contributed by atoms with Gasteiger partial charge in [0.2, 0.25) is 5.95 Å². The third-order valence-electron chi connectivity index (χ3n) is 4.63. The smallest absolute Gasteiger partial charge is 0.230 e. The van der Waals surface area contributed by atoms with Crippen molar-refractivity contribution in [2.45, 2.75) is 12.4 Å². The summed E-state index contributed by atoms with van der Waals surface area (Å²) in [6, 6.07) is 16.3. The molecule has 33 heavy (non-hydrogen) atoms. The van der Waals surface area contributed by atoms with Gasteiger partial charge in [-0.25, -0.2) is 18.7 Å². The fourth-order valence-electron chi connectivity index (χ4n) is 3.11. The van der Waals surface area contributed by atoms with E-state index in [-0.39, 0.29) is 17.4 Å². The number of aromatic nitrogens is 3. The van der Waals surface area contributed by atoms with Crippen LogP contribution in [0.25, 0.3) is 11.4 Å². The summed E-state index contributed by atoms with van der Waals surface area (Å²) in [5.41, 5.74) is 3.16. The highest BCUT2D eigenvalue weighted by molar-refractivity contribution is 7.97. The van der Waals surface area contributed by atoms with Gasteiger partial charge < -0.3 is 10.1 Å². The largest absolute Gasteiger partial charge is 0.488 e. The number of anilines is 2. The molecule has 0 unspecified atom stereocenters. The molecule has 4 rings (SSSR count). The van der Waals surface area contributed by atoms with E-state index in [9.17, 15) is 8.78 Å². The van der Waals surface area contributed by atoms with Gasteiger partial charge in [0.15, 0.2) is 5.82 Å². The first-order valence-corrected chi connectivity index (χ1v) is 11.7. The van der Waals surface area contributed by atoms with Gasteiger partial charge in [-0.3, -0.25) is 0 Å². The lowest BCUT2D eigenvalue weighted by Crippen LogP contribution is -2.03. The van der Waals surface area contributed by atoms with Gasteiger partial charge in [0.05, 0.1) is 10.6 Å². The molecule has 5 nitrogen and oxygen atoms in total. The minimum Gasteiger partial charge on any atom is -0.488 e. The Labute approximate surface area is 199 Å². The van der Waals surface area contributed by atoms with Crippen molar-refractivity contribution in [3.8, 4) is 17.1 Å². The van der Waals surface area contributed by atoms with Crippen LogP contribution in [0.2, 0.25) is 5.02 Å². The van der Waals surface area contributed by atoms with Gasteiger partial charge >= 0.3 is 0 Å². The fraction of sp³-hybridized carbons (Fsp3) is 0.125. The lowest BCUT2D eigenvalue weighted by Gasteiger charge is -2.12. The van der Waals surface area contributed by atoms with Gasteiger partial charge in [-0.1, -0.05) is 29.8 Å². The molecule has 3 aromatic carbocycles. The molecule has 1 aromatic heterocycles. The van der Waals surface area contributed by atoms with E-state index in [1.807, 2.05) is 24.5 Å². The Morgan fingerprint density at radius 2 is 1.88 bits per heavy atom. The first-order valence-electron chi connectivity index (χ1n) is 9.92. The van der Waals surface area contributed by atoms with Crippen LogP contribution in [-0.4, -0.2) is 21.2 Å². The number of halogens is 3. The predicted molar refractivity (Wildman–Crippen MR) is 128 cm³/mol. The zero-order valence-corrected chi connectivity index (χ0v) is 19.1. The lowest BCUT2D eigenvalue weighted by atomic mass is 10.1. The second-order valence-electron chi connectivity index (χ2n) is 7.07. The van der Waals surface area contributed by atoms with Crippen LogP contribution in [0.3, 0.4) is 0 Å². The third-order valence-corrected chi connectivity index (χ3v) is 5.54. The van der Waals surface area contributed by atoms with Crippen LogP contribution >= 0.6 is 23.4 Å². The van der Waals surface area contributed by atoms with Gasteiger partial charge in [0.25, 0.3) is 0 Å². The van der Waals surface area contributed by atoms with E-state index < -0.39 is 11.6 Å². The van der Waals surface area contributed by atoms with Crippen molar-refractivity contribution < 1.29 is 13.5 Å². The molecule has 0 aliphatic heterocycles. The highest BCUT2D eigenvalue weighted by atomic mass is 35.5. The van der Waals surface area contributed by atoms with Crippen LogP contribution in [0.5, 0.6) is 5.75 Å². The highest BCUT2D eigenvalue weighted by Gasteiger charge is 2.13. The molecule has 9 heteroatoms. The van der Waals surface area contributed by atoms with Crippen molar-refractivity contribution in [3.63, 3.8) is 0 Å². The Morgan fingerprint density at radius 3 is 2.70 bits per heavy atom. The van der Waals surface area contributed by atoms with Gasteiger partial charge in [0.1, 0.15) is 30.3 Å². The molecule has 1 N–H and O–H groups in total. The number of rotatable bonds is 8. The maximum atomic E-state index is 14.0.